The van der Waals surface area contributed by atoms with Gasteiger partial charge in [-0.1, -0.05) is 27.7 Å². The van der Waals surface area contributed by atoms with E-state index < -0.39 is 63.9 Å². The second-order valence-corrected chi connectivity index (χ2v) is 29.2. The van der Waals surface area contributed by atoms with Crippen molar-refractivity contribution in [3.8, 4) is 39.0 Å². The molecule has 13 aliphatic rings. The molecule has 0 saturated carbocycles. The molecule has 408 valence electrons. The first-order valence-corrected chi connectivity index (χ1v) is 29.7. The topological polar surface area (TPSA) is 111 Å². The Labute approximate surface area is 460 Å². The minimum atomic E-state index is -5.91. The normalized spacial score (nSPS) is 37.4. The van der Waals surface area contributed by atoms with Crippen LogP contribution in [0.1, 0.15) is 58.3 Å². The number of ether oxygens (including phenoxy) is 12. The van der Waals surface area contributed by atoms with E-state index in [0.29, 0.717) is 128 Å². The summed E-state index contributed by atoms with van der Waals surface area (Å²) >= 11 is 6.52. The van der Waals surface area contributed by atoms with E-state index in [1.165, 1.54) is 34.8 Å². The van der Waals surface area contributed by atoms with E-state index >= 15 is 26.3 Å². The third kappa shape index (κ3) is 7.41. The molecule has 8 bridgehead atoms. The Kier molecular flexibility index (Phi) is 11.0. The van der Waals surface area contributed by atoms with E-state index in [1.54, 1.807) is 48.5 Å². The number of allylic oxidation sites excluding steroid dienone is 2. The highest BCUT2D eigenvalue weighted by Crippen LogP contribution is 2.68. The fourth-order valence-electron chi connectivity index (χ4n) is 10.8. The summed E-state index contributed by atoms with van der Waals surface area (Å²) in [5, 5.41) is 0. The largest absolute Gasteiger partial charge is 0.380 e. The molecule has 0 aromatic carbocycles. The monoisotopic (exact) mass is 1180 g/mol. The molecule has 6 aromatic rings. The van der Waals surface area contributed by atoms with Crippen LogP contribution in [0.2, 0.25) is 0 Å². The summed E-state index contributed by atoms with van der Waals surface area (Å²) in [6.45, 7) is 11.9. The minimum absolute atomic E-state index is 0.0357. The summed E-state index contributed by atoms with van der Waals surface area (Å²) in [5.74, 6) is -23.0. The van der Waals surface area contributed by atoms with Crippen molar-refractivity contribution in [3.05, 3.63) is 91.3 Å². The van der Waals surface area contributed by atoms with Gasteiger partial charge in [0.05, 0.1) is 109 Å². The molecule has 0 radical (unpaired) electrons. The summed E-state index contributed by atoms with van der Waals surface area (Å²) in [5.41, 5.74) is -5.48. The van der Waals surface area contributed by atoms with Gasteiger partial charge in [0.25, 0.3) is 0 Å². The van der Waals surface area contributed by atoms with Crippen LogP contribution >= 0.6 is 68.0 Å². The molecule has 0 atom stereocenters. The second-order valence-electron chi connectivity index (χ2n) is 22.8. The van der Waals surface area contributed by atoms with Gasteiger partial charge in [0, 0.05) is 73.2 Å². The first kappa shape index (κ1) is 51.0. The van der Waals surface area contributed by atoms with Crippen molar-refractivity contribution in [2.75, 3.05) is 79.3 Å². The Hall–Kier alpha value is -2.96. The van der Waals surface area contributed by atoms with E-state index in [4.69, 9.17) is 56.8 Å². The lowest BCUT2D eigenvalue weighted by molar-refractivity contribution is -0.476. The van der Waals surface area contributed by atoms with Crippen LogP contribution in [0.5, 0.6) is 0 Å². The van der Waals surface area contributed by atoms with E-state index in [1.807, 2.05) is 27.7 Å². The van der Waals surface area contributed by atoms with Crippen molar-refractivity contribution in [2.45, 2.75) is 69.4 Å². The maximum atomic E-state index is 17.5. The summed E-state index contributed by atoms with van der Waals surface area (Å²) in [7, 11) is 0. The fraction of sp³-hybridized carbons (Fsp3) is 0.509. The summed E-state index contributed by atoms with van der Waals surface area (Å²) < 4.78 is 177. The Morgan fingerprint density at radius 1 is 0.312 bits per heavy atom. The first-order chi connectivity index (χ1) is 36.5. The predicted molar refractivity (Wildman–Crippen MR) is 274 cm³/mol. The summed E-state index contributed by atoms with van der Waals surface area (Å²) in [4.78, 5) is 4.22. The van der Waals surface area contributed by atoms with Crippen molar-refractivity contribution in [3.63, 3.8) is 0 Å². The van der Waals surface area contributed by atoms with E-state index in [2.05, 4.69) is 0 Å². The molecule has 12 saturated heterocycles. The van der Waals surface area contributed by atoms with Crippen LogP contribution in [0.3, 0.4) is 0 Å². The molecule has 1 aliphatic carbocycles. The van der Waals surface area contributed by atoms with Gasteiger partial charge in [-0.05, 0) is 60.7 Å². The number of hydrogen-bond donors (Lipinski definition) is 0. The third-order valence-electron chi connectivity index (χ3n) is 15.6. The second kappa shape index (κ2) is 16.6. The number of fused-ring (bicyclic) bond motifs is 12. The lowest BCUT2D eigenvalue weighted by Gasteiger charge is -2.49. The number of hydrogen-bond acceptors (Lipinski definition) is 18. The standard InChI is InChI=1S/C53H46F6O12S6/c1-43-15-60-49(61-16-43,62-17-43)35-9-5-29(72-35)33-13-27(41(76-33)31-7-11-37(74-31)51-66-21-45(3,22-67-51)23-68-51)39-40(48(56,57)53(58,59)47(39,54)55)28-14-34(30-6-10-36(73-30)50-63-18-44(2,19-64-50)20-65-50)77-42(28)32-8-12-38(75-32)52-69-24-46(4,25-70-52)26-71-52/h5-14H,15-26H2,1-4H3. The molecule has 0 N–H and O–H groups in total. The van der Waals surface area contributed by atoms with Gasteiger partial charge in [-0.2, -0.15) is 26.3 Å². The maximum Gasteiger partial charge on any atom is 0.380 e. The molecule has 77 heavy (non-hydrogen) atoms. The highest BCUT2D eigenvalue weighted by Gasteiger charge is 2.81. The molecule has 19 rings (SSSR count). The molecular formula is C53H46F6O12S6. The fourth-order valence-corrected chi connectivity index (χ4v) is 17.8. The van der Waals surface area contributed by atoms with Gasteiger partial charge in [0.2, 0.25) is 0 Å². The zero-order valence-corrected chi connectivity index (χ0v) is 46.3. The van der Waals surface area contributed by atoms with Crippen LogP contribution in [0.4, 0.5) is 26.3 Å². The number of thiophene rings is 6. The Morgan fingerprint density at radius 2 is 0.545 bits per heavy atom. The Balaban J connectivity index is 0.918. The lowest BCUT2D eigenvalue weighted by atomic mass is 9.92. The number of halogens is 6. The van der Waals surface area contributed by atoms with Crippen molar-refractivity contribution >= 4 is 79.2 Å². The van der Waals surface area contributed by atoms with Gasteiger partial charge >= 0.3 is 41.7 Å². The maximum absolute atomic E-state index is 17.5. The van der Waals surface area contributed by atoms with Crippen LogP contribution in [0.25, 0.3) is 50.2 Å². The van der Waals surface area contributed by atoms with Gasteiger partial charge < -0.3 is 56.8 Å². The molecule has 0 spiro atoms. The SMILES string of the molecule is CC12COC(c3ccc(-c4cc(C5=C(c6cc(-c7ccc(C89OCC(C)(CO8)CO9)s7)sc6-c6ccc(C78OCC(C)(CO7)CO8)s6)C(F)(F)C(F)(F)C5(F)F)c(-c5ccc(C67OCC(C)(CO6)CO7)s5)s4)s3)(OC1)OC2. The molecule has 18 heterocycles. The van der Waals surface area contributed by atoms with Crippen LogP contribution < -0.4 is 0 Å². The molecule has 12 fully saturated rings. The average Bonchev–Trinajstić information content (AvgIpc) is 4.47. The summed E-state index contributed by atoms with van der Waals surface area (Å²) in [6.07, 6.45) is 0. The van der Waals surface area contributed by atoms with Gasteiger partial charge in [-0.15, -0.1) is 68.0 Å². The number of alkyl halides is 6. The highest BCUT2D eigenvalue weighted by molar-refractivity contribution is 7.27. The van der Waals surface area contributed by atoms with E-state index in [9.17, 15) is 0 Å². The zero-order chi connectivity index (χ0) is 53.0. The van der Waals surface area contributed by atoms with Crippen LogP contribution in [0.15, 0.2) is 60.7 Å². The zero-order valence-electron chi connectivity index (χ0n) is 41.4. The minimum Gasteiger partial charge on any atom is -0.322 e. The molecule has 0 unspecified atom stereocenters. The quantitative estimate of drug-likeness (QED) is 0.122. The van der Waals surface area contributed by atoms with E-state index in [0.717, 1.165) is 45.3 Å². The van der Waals surface area contributed by atoms with Gasteiger partial charge in [0.1, 0.15) is 0 Å². The molecular weight excluding hydrogens is 1130 g/mol. The van der Waals surface area contributed by atoms with Gasteiger partial charge in [-0.25, -0.2) is 0 Å². The molecule has 12 aliphatic heterocycles. The molecule has 6 aromatic heterocycles. The van der Waals surface area contributed by atoms with Crippen molar-refractivity contribution < 1.29 is 83.2 Å². The summed E-state index contributed by atoms with van der Waals surface area (Å²) in [6, 6.07) is 16.0. The highest BCUT2D eigenvalue weighted by atomic mass is 32.1. The Morgan fingerprint density at radius 3 is 0.805 bits per heavy atom. The van der Waals surface area contributed by atoms with Gasteiger partial charge in [-0.3, -0.25) is 0 Å². The third-order valence-corrected chi connectivity index (χ3v) is 23.2. The Bertz CT molecular complexity index is 3120. The first-order valence-electron chi connectivity index (χ1n) is 24.8. The van der Waals surface area contributed by atoms with Crippen LogP contribution in [-0.2, 0) is 80.7 Å². The molecule has 0 amide bonds. The average molecular weight is 1180 g/mol. The van der Waals surface area contributed by atoms with Crippen molar-refractivity contribution in [2.24, 2.45) is 21.7 Å². The molecule has 24 heteroatoms. The van der Waals surface area contributed by atoms with Gasteiger partial charge in [0.15, 0.2) is 0 Å². The lowest BCUT2D eigenvalue weighted by Crippen LogP contribution is -2.56. The smallest absolute Gasteiger partial charge is 0.322 e. The number of rotatable bonds is 10. The van der Waals surface area contributed by atoms with E-state index in [-0.39, 0.29) is 31.4 Å². The predicted octanol–water partition coefficient (Wildman–Crippen LogP) is 13.3. The van der Waals surface area contributed by atoms with Crippen LogP contribution in [0, 0.1) is 21.7 Å². The molecule has 12 nitrogen and oxygen atoms in total. The van der Waals surface area contributed by atoms with Crippen molar-refractivity contribution in [1.29, 1.82) is 0 Å². The van der Waals surface area contributed by atoms with Crippen molar-refractivity contribution in [1.82, 2.24) is 0 Å². The van der Waals surface area contributed by atoms with Crippen LogP contribution in [-0.4, -0.2) is 97.1 Å².